The normalized spacial score (nSPS) is 11.4. The molecule has 0 aliphatic carbocycles. The highest BCUT2D eigenvalue weighted by atomic mass is 35.5. The van der Waals surface area contributed by atoms with Crippen molar-refractivity contribution in [3.63, 3.8) is 0 Å². The number of nitrogens with zero attached hydrogens (tertiary/aromatic N) is 4. The summed E-state index contributed by atoms with van der Waals surface area (Å²) >= 11 is 7.79. The molecule has 9 heteroatoms. The van der Waals surface area contributed by atoms with Gasteiger partial charge < -0.3 is 5.11 Å². The second kappa shape index (κ2) is 15.8. The highest BCUT2D eigenvalue weighted by Gasteiger charge is 2.19. The van der Waals surface area contributed by atoms with Gasteiger partial charge >= 0.3 is 5.97 Å². The van der Waals surface area contributed by atoms with Crippen molar-refractivity contribution in [2.45, 2.75) is 55.6 Å². The summed E-state index contributed by atoms with van der Waals surface area (Å²) in [4.78, 5) is 18.5. The van der Waals surface area contributed by atoms with Crippen molar-refractivity contribution < 1.29 is 14.7 Å². The van der Waals surface area contributed by atoms with Crippen LogP contribution in [0.25, 0.3) is 17.1 Å². The number of carboxylic acids is 1. The minimum Gasteiger partial charge on any atom is -0.481 e. The Kier molecular flexibility index (Phi) is 11.0. The number of hydrogen-bond donors (Lipinski definition) is 1. The van der Waals surface area contributed by atoms with Gasteiger partial charge in [0.25, 0.3) is 0 Å². The Balaban J connectivity index is 1.22. The van der Waals surface area contributed by atoms with Gasteiger partial charge in [-0.25, -0.2) is 5.06 Å². The highest BCUT2D eigenvalue weighted by Crippen LogP contribution is 2.34. The number of anilines is 1. The molecule has 50 heavy (non-hydrogen) atoms. The van der Waals surface area contributed by atoms with E-state index < -0.39 is 5.97 Å². The van der Waals surface area contributed by atoms with Crippen LogP contribution < -0.4 is 5.06 Å². The van der Waals surface area contributed by atoms with Gasteiger partial charge in [0.2, 0.25) is 5.16 Å². The first-order valence-corrected chi connectivity index (χ1v) is 17.7. The van der Waals surface area contributed by atoms with Crippen LogP contribution in [0.3, 0.4) is 0 Å². The fourth-order valence-electron chi connectivity index (χ4n) is 5.48. The van der Waals surface area contributed by atoms with Crippen molar-refractivity contribution in [1.29, 1.82) is 0 Å². The summed E-state index contributed by atoms with van der Waals surface area (Å²) in [5.41, 5.74) is 7.05. The number of benzene rings is 5. The molecule has 0 atom stereocenters. The maximum absolute atomic E-state index is 11.2. The van der Waals surface area contributed by atoms with Crippen LogP contribution in [0, 0.1) is 0 Å². The third-order valence-corrected chi connectivity index (χ3v) is 9.45. The first-order valence-electron chi connectivity index (χ1n) is 16.5. The smallest absolute Gasteiger partial charge is 0.307 e. The molecule has 0 fully saturated rings. The Bertz CT molecular complexity index is 2010. The molecule has 0 saturated heterocycles. The van der Waals surface area contributed by atoms with Gasteiger partial charge in [-0.15, -0.1) is 10.2 Å². The Morgan fingerprint density at radius 3 is 2.10 bits per heavy atom. The van der Waals surface area contributed by atoms with Crippen LogP contribution in [0.5, 0.6) is 0 Å². The minimum absolute atomic E-state index is 0.0228. The Morgan fingerprint density at radius 2 is 1.46 bits per heavy atom. The number of aliphatic carboxylic acids is 1. The Hall–Kier alpha value is -4.89. The second-order valence-corrected chi connectivity index (χ2v) is 14.5. The van der Waals surface area contributed by atoms with Gasteiger partial charge in [0, 0.05) is 21.2 Å². The van der Waals surface area contributed by atoms with E-state index in [9.17, 15) is 9.90 Å². The topological polar surface area (TPSA) is 80.5 Å². The first kappa shape index (κ1) is 35.0. The fraction of sp³-hybridized carbons (Fsp3) is 0.195. The summed E-state index contributed by atoms with van der Waals surface area (Å²) in [7, 11) is 0. The van der Waals surface area contributed by atoms with Gasteiger partial charge in [0.1, 0.15) is 0 Å². The van der Waals surface area contributed by atoms with E-state index in [4.69, 9.17) is 16.4 Å². The third-order valence-electron chi connectivity index (χ3n) is 8.25. The summed E-state index contributed by atoms with van der Waals surface area (Å²) in [6, 6.07) is 42.3. The monoisotopic (exact) mass is 702 g/mol. The summed E-state index contributed by atoms with van der Waals surface area (Å²) in [6.45, 7) is 7.62. The maximum Gasteiger partial charge on any atom is 0.307 e. The number of carbonyl (C=O) groups is 1. The average Bonchev–Trinajstić information content (AvgIpc) is 3.52. The van der Waals surface area contributed by atoms with E-state index in [-0.39, 0.29) is 11.8 Å². The van der Waals surface area contributed by atoms with Crippen LogP contribution >= 0.6 is 23.4 Å². The van der Waals surface area contributed by atoms with Crippen molar-refractivity contribution in [2.24, 2.45) is 0 Å². The van der Waals surface area contributed by atoms with Gasteiger partial charge in [0.05, 0.1) is 25.3 Å². The van der Waals surface area contributed by atoms with Crippen molar-refractivity contribution in [1.82, 2.24) is 14.8 Å². The fourth-order valence-corrected chi connectivity index (χ4v) is 6.46. The third kappa shape index (κ3) is 9.01. The van der Waals surface area contributed by atoms with Gasteiger partial charge in [-0.2, -0.15) is 0 Å². The number of aromatic nitrogens is 3. The molecule has 0 amide bonds. The van der Waals surface area contributed by atoms with Gasteiger partial charge in [0.15, 0.2) is 5.82 Å². The molecule has 0 radical (unpaired) electrons. The van der Waals surface area contributed by atoms with Crippen molar-refractivity contribution in [3.8, 4) is 17.1 Å². The quantitative estimate of drug-likeness (QED) is 0.120. The molecule has 0 saturated carbocycles. The lowest BCUT2D eigenvalue weighted by Gasteiger charge is -2.24. The number of halogens is 1. The van der Waals surface area contributed by atoms with E-state index >= 15 is 0 Å². The zero-order valence-corrected chi connectivity index (χ0v) is 29.9. The van der Waals surface area contributed by atoms with Crippen LogP contribution in [-0.4, -0.2) is 32.4 Å². The molecule has 0 aliphatic rings. The zero-order valence-electron chi connectivity index (χ0n) is 28.3. The maximum atomic E-state index is 11.2. The number of carboxylic acid groups (broad SMARTS) is 1. The number of rotatable bonds is 13. The minimum atomic E-state index is -0.857. The number of hydroxylamine groups is 1. The Labute approximate surface area is 302 Å². The van der Waals surface area contributed by atoms with E-state index in [0.717, 1.165) is 50.4 Å². The summed E-state index contributed by atoms with van der Waals surface area (Å²) in [6.07, 6.45) is 0.742. The van der Waals surface area contributed by atoms with E-state index in [0.29, 0.717) is 18.2 Å². The molecule has 1 N–H and O–H groups in total. The van der Waals surface area contributed by atoms with Gasteiger partial charge in [-0.1, -0.05) is 111 Å². The zero-order chi connectivity index (χ0) is 35.1. The number of hydrogen-bond acceptors (Lipinski definition) is 6. The molecule has 6 aromatic rings. The van der Waals surface area contributed by atoms with E-state index in [1.807, 2.05) is 71.8 Å². The predicted octanol–water partition coefficient (Wildman–Crippen LogP) is 9.84. The van der Waals surface area contributed by atoms with Crippen LogP contribution in [0.2, 0.25) is 5.02 Å². The van der Waals surface area contributed by atoms with Crippen LogP contribution in [0.1, 0.15) is 43.0 Å². The summed E-state index contributed by atoms with van der Waals surface area (Å²) < 4.78 is 2.07. The van der Waals surface area contributed by atoms with Crippen molar-refractivity contribution in [2.75, 3.05) is 11.7 Å². The molecule has 254 valence electrons. The van der Waals surface area contributed by atoms with Crippen molar-refractivity contribution in [3.05, 3.63) is 155 Å². The molecule has 0 aliphatic heterocycles. The van der Waals surface area contributed by atoms with Crippen LogP contribution in [0.15, 0.2) is 137 Å². The summed E-state index contributed by atoms with van der Waals surface area (Å²) in [5.74, 6) is -0.103. The second-order valence-electron chi connectivity index (χ2n) is 13.0. The summed E-state index contributed by atoms with van der Waals surface area (Å²) in [5, 5.41) is 21.7. The van der Waals surface area contributed by atoms with Crippen molar-refractivity contribution >= 4 is 35.0 Å². The molecule has 7 nitrogen and oxygen atoms in total. The molecular formula is C41H39ClN4O3S. The standard InChI is InChI=1S/C41H39ClN4O3S/c1-41(2,3)33-15-13-32(14-16-33)39-43-44-40(46(39)36-21-17-34(42)18-22-36)50-37-23-11-31(12-24-37)28-45(49-26-25-29-7-5-4-6-8-29)35-19-9-30(10-20-35)27-38(47)48/h4-24H,25-28H2,1-3H3,(H,47,48). The molecule has 5 aromatic carbocycles. The molecule has 0 unspecified atom stereocenters. The van der Waals surface area contributed by atoms with Crippen LogP contribution in [-0.2, 0) is 34.4 Å². The molecule has 1 aromatic heterocycles. The van der Waals surface area contributed by atoms with E-state index in [2.05, 4.69) is 96.2 Å². The Morgan fingerprint density at radius 1 is 0.800 bits per heavy atom. The highest BCUT2D eigenvalue weighted by molar-refractivity contribution is 7.99. The lowest BCUT2D eigenvalue weighted by atomic mass is 9.87. The lowest BCUT2D eigenvalue weighted by molar-refractivity contribution is -0.136. The molecule has 1 heterocycles. The average molecular weight is 703 g/mol. The first-order chi connectivity index (χ1) is 24.1. The lowest BCUT2D eigenvalue weighted by Crippen LogP contribution is -2.24. The molecule has 0 bridgehead atoms. The van der Waals surface area contributed by atoms with E-state index in [1.54, 1.807) is 11.8 Å². The van der Waals surface area contributed by atoms with Gasteiger partial charge in [-0.05, 0) is 94.4 Å². The largest absolute Gasteiger partial charge is 0.481 e. The molecular weight excluding hydrogens is 664 g/mol. The SMILES string of the molecule is CC(C)(C)c1ccc(-c2nnc(Sc3ccc(CN(OCCc4ccccc4)c4ccc(CC(=O)O)cc4)cc3)n2-c2ccc(Cl)cc2)cc1. The molecule has 6 rings (SSSR count). The molecule has 0 spiro atoms. The van der Waals surface area contributed by atoms with Crippen LogP contribution in [0.4, 0.5) is 5.69 Å². The predicted molar refractivity (Wildman–Crippen MR) is 201 cm³/mol. The van der Waals surface area contributed by atoms with E-state index in [1.165, 1.54) is 11.1 Å². The van der Waals surface area contributed by atoms with Gasteiger partial charge in [-0.3, -0.25) is 14.2 Å².